The number of alkyl halides is 2. The zero-order valence-corrected chi connectivity index (χ0v) is 7.06. The number of rotatable bonds is 3. The lowest BCUT2D eigenvalue weighted by Gasteiger charge is -2.02. The normalized spacial score (nSPS) is 10.7. The summed E-state index contributed by atoms with van der Waals surface area (Å²) in [4.78, 5) is 0. The molecule has 1 rings (SSSR count). The molecule has 66 valence electrons. The molecule has 0 heterocycles. The number of hydrogen-bond donors (Lipinski definition) is 0. The Morgan fingerprint density at radius 3 is 2.67 bits per heavy atom. The fourth-order valence-electron chi connectivity index (χ4n) is 1.17. The van der Waals surface area contributed by atoms with Crippen molar-refractivity contribution in [2.75, 3.05) is 0 Å². The predicted molar refractivity (Wildman–Crippen MR) is 45.4 cm³/mol. The lowest BCUT2D eigenvalue weighted by atomic mass is 10.1. The predicted octanol–water partition coefficient (Wildman–Crippen LogP) is 3.58. The minimum Gasteiger partial charge on any atom is -0.205 e. The van der Waals surface area contributed by atoms with Crippen LogP contribution in [-0.2, 0) is 6.42 Å². The molecule has 1 aromatic rings. The maximum absolute atomic E-state index is 12.2. The summed E-state index contributed by atoms with van der Waals surface area (Å²) in [6, 6.07) is 6.61. The first-order chi connectivity index (χ1) is 5.74. The second-order valence-electron chi connectivity index (χ2n) is 2.80. The molecular formula is C10H12F2. The van der Waals surface area contributed by atoms with Crippen molar-refractivity contribution in [1.29, 1.82) is 0 Å². The lowest BCUT2D eigenvalue weighted by molar-refractivity contribution is 0.151. The topological polar surface area (TPSA) is 0 Å². The van der Waals surface area contributed by atoms with Crippen molar-refractivity contribution in [3.63, 3.8) is 0 Å². The maximum atomic E-state index is 12.2. The van der Waals surface area contributed by atoms with Crippen molar-refractivity contribution in [3.8, 4) is 0 Å². The van der Waals surface area contributed by atoms with Crippen molar-refractivity contribution in [3.05, 3.63) is 35.4 Å². The molecular weight excluding hydrogens is 158 g/mol. The zero-order valence-electron chi connectivity index (χ0n) is 7.06. The zero-order chi connectivity index (χ0) is 8.97. The number of benzene rings is 1. The fraction of sp³-hybridized carbons (Fsp3) is 0.400. The van der Waals surface area contributed by atoms with Crippen molar-refractivity contribution >= 4 is 0 Å². The van der Waals surface area contributed by atoms with Gasteiger partial charge in [0.2, 0.25) is 0 Å². The average molecular weight is 170 g/mol. The van der Waals surface area contributed by atoms with Crippen LogP contribution in [0.2, 0.25) is 0 Å². The number of halogens is 2. The minimum absolute atomic E-state index is 0.126. The Hall–Kier alpha value is -0.920. The third kappa shape index (κ3) is 2.29. The van der Waals surface area contributed by atoms with E-state index < -0.39 is 6.43 Å². The third-order valence-electron chi connectivity index (χ3n) is 1.74. The monoisotopic (exact) mass is 170 g/mol. The van der Waals surface area contributed by atoms with E-state index in [2.05, 4.69) is 0 Å². The summed E-state index contributed by atoms with van der Waals surface area (Å²) in [7, 11) is 0. The molecule has 0 aromatic heterocycles. The van der Waals surface area contributed by atoms with E-state index in [0.717, 1.165) is 18.4 Å². The van der Waals surface area contributed by atoms with Gasteiger partial charge < -0.3 is 0 Å². The van der Waals surface area contributed by atoms with E-state index >= 15 is 0 Å². The number of hydrogen-bond acceptors (Lipinski definition) is 0. The van der Waals surface area contributed by atoms with Gasteiger partial charge in [0.15, 0.2) is 0 Å². The SMILES string of the molecule is CCCc1cccc(C(F)F)c1. The molecule has 0 atom stereocenters. The highest BCUT2D eigenvalue weighted by atomic mass is 19.3. The Labute approximate surface area is 71.2 Å². The van der Waals surface area contributed by atoms with Crippen molar-refractivity contribution < 1.29 is 8.78 Å². The van der Waals surface area contributed by atoms with Gasteiger partial charge in [-0.1, -0.05) is 37.6 Å². The molecule has 0 nitrogen and oxygen atoms in total. The van der Waals surface area contributed by atoms with Crippen molar-refractivity contribution in [1.82, 2.24) is 0 Å². The van der Waals surface area contributed by atoms with Crippen LogP contribution < -0.4 is 0 Å². The van der Waals surface area contributed by atoms with Gasteiger partial charge in [-0.3, -0.25) is 0 Å². The lowest BCUT2D eigenvalue weighted by Crippen LogP contribution is -1.87. The van der Waals surface area contributed by atoms with Crippen LogP contribution in [0.15, 0.2) is 24.3 Å². The molecule has 0 bridgehead atoms. The van der Waals surface area contributed by atoms with Crippen LogP contribution in [0, 0.1) is 0 Å². The maximum Gasteiger partial charge on any atom is 0.263 e. The molecule has 2 heteroatoms. The van der Waals surface area contributed by atoms with E-state index in [0.29, 0.717) is 0 Å². The molecule has 0 N–H and O–H groups in total. The summed E-state index contributed by atoms with van der Waals surface area (Å²) in [6.45, 7) is 2.04. The highest BCUT2D eigenvalue weighted by Gasteiger charge is 2.05. The van der Waals surface area contributed by atoms with Crippen molar-refractivity contribution in [2.24, 2.45) is 0 Å². The molecule has 0 fully saturated rings. The van der Waals surface area contributed by atoms with E-state index in [1.54, 1.807) is 12.1 Å². The fourth-order valence-corrected chi connectivity index (χ4v) is 1.17. The smallest absolute Gasteiger partial charge is 0.205 e. The van der Waals surface area contributed by atoms with Gasteiger partial charge in [0.1, 0.15) is 0 Å². The molecule has 0 aliphatic carbocycles. The molecule has 0 aliphatic heterocycles. The Kier molecular flexibility index (Phi) is 3.20. The highest BCUT2D eigenvalue weighted by molar-refractivity contribution is 5.24. The van der Waals surface area contributed by atoms with Crippen LogP contribution in [0.5, 0.6) is 0 Å². The van der Waals surface area contributed by atoms with Crippen LogP contribution in [0.1, 0.15) is 30.9 Å². The molecule has 0 amide bonds. The van der Waals surface area contributed by atoms with Gasteiger partial charge in [0.05, 0.1) is 0 Å². The van der Waals surface area contributed by atoms with Gasteiger partial charge in [0, 0.05) is 5.56 Å². The van der Waals surface area contributed by atoms with Gasteiger partial charge in [0.25, 0.3) is 6.43 Å². The molecule has 12 heavy (non-hydrogen) atoms. The third-order valence-corrected chi connectivity index (χ3v) is 1.74. The van der Waals surface area contributed by atoms with E-state index in [1.165, 1.54) is 6.07 Å². The first kappa shape index (κ1) is 9.17. The van der Waals surface area contributed by atoms with Crippen LogP contribution in [0.3, 0.4) is 0 Å². The summed E-state index contributed by atoms with van der Waals surface area (Å²) >= 11 is 0. The first-order valence-corrected chi connectivity index (χ1v) is 4.11. The first-order valence-electron chi connectivity index (χ1n) is 4.11. The van der Waals surface area contributed by atoms with E-state index in [-0.39, 0.29) is 5.56 Å². The van der Waals surface area contributed by atoms with Gasteiger partial charge in [-0.25, -0.2) is 8.78 Å². The highest BCUT2D eigenvalue weighted by Crippen LogP contribution is 2.19. The second kappa shape index (κ2) is 4.19. The summed E-state index contributed by atoms with van der Waals surface area (Å²) in [6.07, 6.45) is -0.477. The number of aryl methyl sites for hydroxylation is 1. The van der Waals surface area contributed by atoms with Gasteiger partial charge >= 0.3 is 0 Å². The van der Waals surface area contributed by atoms with Crippen LogP contribution >= 0.6 is 0 Å². The Morgan fingerprint density at radius 1 is 1.33 bits per heavy atom. The van der Waals surface area contributed by atoms with E-state index in [9.17, 15) is 8.78 Å². The molecule has 0 spiro atoms. The molecule has 0 unspecified atom stereocenters. The van der Waals surface area contributed by atoms with E-state index in [4.69, 9.17) is 0 Å². The summed E-state index contributed by atoms with van der Waals surface area (Å²) < 4.78 is 24.4. The van der Waals surface area contributed by atoms with Crippen molar-refractivity contribution in [2.45, 2.75) is 26.2 Å². The summed E-state index contributed by atoms with van der Waals surface area (Å²) in [5.41, 5.74) is 1.12. The molecule has 0 radical (unpaired) electrons. The Balaban J connectivity index is 2.81. The van der Waals surface area contributed by atoms with Gasteiger partial charge in [-0.2, -0.15) is 0 Å². The largest absolute Gasteiger partial charge is 0.263 e. The standard InChI is InChI=1S/C10H12F2/c1-2-4-8-5-3-6-9(7-8)10(11)12/h3,5-7,10H,2,4H2,1H3. The quantitative estimate of drug-likeness (QED) is 0.650. The summed E-state index contributed by atoms with van der Waals surface area (Å²) in [5.74, 6) is 0. The Morgan fingerprint density at radius 2 is 2.08 bits per heavy atom. The van der Waals surface area contributed by atoms with Gasteiger partial charge in [-0.05, 0) is 12.0 Å². The van der Waals surface area contributed by atoms with Crippen LogP contribution in [0.4, 0.5) is 8.78 Å². The van der Waals surface area contributed by atoms with Gasteiger partial charge in [-0.15, -0.1) is 0 Å². The minimum atomic E-state index is -2.35. The molecule has 0 saturated heterocycles. The molecule has 1 aromatic carbocycles. The summed E-state index contributed by atoms with van der Waals surface area (Å²) in [5, 5.41) is 0. The molecule has 0 aliphatic rings. The average Bonchev–Trinajstić information content (AvgIpc) is 2.05. The van der Waals surface area contributed by atoms with E-state index in [1.807, 2.05) is 13.0 Å². The Bertz CT molecular complexity index is 243. The molecule has 0 saturated carbocycles. The van der Waals surface area contributed by atoms with Crippen LogP contribution in [0.25, 0.3) is 0 Å². The van der Waals surface area contributed by atoms with Crippen LogP contribution in [-0.4, -0.2) is 0 Å². The second-order valence-corrected chi connectivity index (χ2v) is 2.80.